The van der Waals surface area contributed by atoms with Gasteiger partial charge in [0.1, 0.15) is 67.6 Å². The number of benzene rings is 4. The maximum Gasteiger partial charge on any atom is 0.347 e. The molecule has 4 heterocycles. The number of ether oxygens (including phenoxy) is 4. The van der Waals surface area contributed by atoms with Crippen LogP contribution in [0.1, 0.15) is 45.7 Å². The van der Waals surface area contributed by atoms with Crippen LogP contribution in [0.4, 0.5) is 0 Å². The lowest BCUT2D eigenvalue weighted by molar-refractivity contribution is -0.132. The van der Waals surface area contributed by atoms with E-state index in [0.717, 1.165) is 0 Å². The molecule has 0 spiro atoms. The first-order valence-corrected chi connectivity index (χ1v) is 17.6. The molecule has 8 aromatic rings. The highest BCUT2D eigenvalue weighted by atomic mass is 16.5. The second kappa shape index (κ2) is 16.2. The van der Waals surface area contributed by atoms with Crippen LogP contribution in [0.2, 0.25) is 0 Å². The van der Waals surface area contributed by atoms with Crippen molar-refractivity contribution in [1.82, 2.24) is 0 Å². The van der Waals surface area contributed by atoms with Crippen molar-refractivity contribution < 1.29 is 55.8 Å². The van der Waals surface area contributed by atoms with Gasteiger partial charge in [0, 0.05) is 47.5 Å². The lowest BCUT2D eigenvalue weighted by Crippen LogP contribution is -2.20. The topological polar surface area (TPSA) is 226 Å². The van der Waals surface area contributed by atoms with Gasteiger partial charge in [-0.2, -0.15) is 0 Å². The van der Waals surface area contributed by atoms with Crippen LogP contribution < -0.4 is 41.4 Å². The Bertz CT molecular complexity index is 3110. The van der Waals surface area contributed by atoms with Crippen molar-refractivity contribution in [2.45, 2.75) is 13.8 Å². The average Bonchev–Trinajstić information content (AvgIpc) is 3.21. The molecule has 0 saturated heterocycles. The SMILES string of the molecule is CC(=O)Oc1ccc2cc(C(=O)c3cc4ccc(OC(C)=O)cc4oc3=O)c(=O)oc2c1.COc1ccc2oc(=O)c(C(=O)c3cc4cc(OC)ccc4oc3=O)cc2c1. The summed E-state index contributed by atoms with van der Waals surface area (Å²) in [5.41, 5.74) is -4.05. The summed E-state index contributed by atoms with van der Waals surface area (Å²) in [5, 5.41) is 1.77. The molecule has 0 bridgehead atoms. The Morgan fingerprint density at radius 3 is 1.03 bits per heavy atom. The Morgan fingerprint density at radius 1 is 0.383 bits per heavy atom. The fraction of sp³-hybridized carbons (Fsp3) is 0.0909. The molecule has 0 amide bonds. The molecule has 0 fully saturated rings. The van der Waals surface area contributed by atoms with E-state index in [0.29, 0.717) is 44.2 Å². The van der Waals surface area contributed by atoms with Gasteiger partial charge in [-0.05, 0) is 84.9 Å². The summed E-state index contributed by atoms with van der Waals surface area (Å²) in [5.74, 6) is -1.30. The molecule has 4 aromatic heterocycles. The lowest BCUT2D eigenvalue weighted by atomic mass is 10.0. The van der Waals surface area contributed by atoms with Crippen LogP contribution in [0.25, 0.3) is 43.9 Å². The number of hydrogen-bond donors (Lipinski definition) is 0. The van der Waals surface area contributed by atoms with Gasteiger partial charge >= 0.3 is 34.4 Å². The third-order valence-electron chi connectivity index (χ3n) is 8.80. The third kappa shape index (κ3) is 8.19. The van der Waals surface area contributed by atoms with Gasteiger partial charge in [0.15, 0.2) is 0 Å². The van der Waals surface area contributed by atoms with E-state index in [4.69, 9.17) is 36.6 Å². The van der Waals surface area contributed by atoms with Gasteiger partial charge in [-0.25, -0.2) is 19.2 Å². The van der Waals surface area contributed by atoms with E-state index in [1.807, 2.05) is 0 Å². The second-order valence-electron chi connectivity index (χ2n) is 12.8. The number of carbonyl (C=O) groups is 4. The van der Waals surface area contributed by atoms with Gasteiger partial charge in [-0.3, -0.25) is 19.2 Å². The molecule has 0 aliphatic carbocycles. The van der Waals surface area contributed by atoms with Crippen LogP contribution in [0, 0.1) is 0 Å². The Balaban J connectivity index is 0.000000183. The summed E-state index contributed by atoms with van der Waals surface area (Å²) in [7, 11) is 3.00. The summed E-state index contributed by atoms with van der Waals surface area (Å²) >= 11 is 0. The first-order valence-electron chi connectivity index (χ1n) is 17.6. The van der Waals surface area contributed by atoms with Crippen molar-refractivity contribution in [1.29, 1.82) is 0 Å². The molecular formula is C44H28O16. The number of esters is 2. The number of ketones is 2. The molecule has 8 rings (SSSR count). The van der Waals surface area contributed by atoms with Gasteiger partial charge in [0.05, 0.1) is 14.2 Å². The van der Waals surface area contributed by atoms with E-state index in [1.165, 1.54) is 88.7 Å². The number of rotatable bonds is 8. The summed E-state index contributed by atoms with van der Waals surface area (Å²) < 4.78 is 41.0. The van der Waals surface area contributed by atoms with Crippen molar-refractivity contribution in [2.75, 3.05) is 14.2 Å². The Labute approximate surface area is 334 Å². The van der Waals surface area contributed by atoms with Crippen LogP contribution in [0.15, 0.2) is 134 Å². The summed E-state index contributed by atoms with van der Waals surface area (Å²) in [6, 6.07) is 23.6. The van der Waals surface area contributed by atoms with Gasteiger partial charge < -0.3 is 36.6 Å². The zero-order valence-electron chi connectivity index (χ0n) is 31.8. The minimum atomic E-state index is -0.966. The fourth-order valence-corrected chi connectivity index (χ4v) is 6.02. The zero-order valence-corrected chi connectivity index (χ0v) is 31.8. The van der Waals surface area contributed by atoms with E-state index in [2.05, 4.69) is 0 Å². The van der Waals surface area contributed by atoms with Gasteiger partial charge in [0.2, 0.25) is 11.6 Å². The number of fused-ring (bicyclic) bond motifs is 4. The van der Waals surface area contributed by atoms with Gasteiger partial charge in [-0.15, -0.1) is 0 Å². The monoisotopic (exact) mass is 812 g/mol. The number of hydrogen-bond acceptors (Lipinski definition) is 16. The molecule has 0 aliphatic heterocycles. The first-order chi connectivity index (χ1) is 28.7. The molecule has 0 atom stereocenters. The quantitative estimate of drug-likeness (QED) is 0.0728. The highest BCUT2D eigenvalue weighted by Crippen LogP contribution is 2.26. The second-order valence-corrected chi connectivity index (χ2v) is 12.8. The Morgan fingerprint density at radius 2 is 0.700 bits per heavy atom. The van der Waals surface area contributed by atoms with Crippen molar-refractivity contribution >= 4 is 67.4 Å². The summed E-state index contributed by atoms with van der Waals surface area (Å²) in [4.78, 5) is 97.5. The van der Waals surface area contributed by atoms with Gasteiger partial charge in [0.25, 0.3) is 0 Å². The van der Waals surface area contributed by atoms with Crippen LogP contribution in [-0.4, -0.2) is 37.7 Å². The van der Waals surface area contributed by atoms with Crippen molar-refractivity contribution in [3.05, 3.63) is 161 Å². The maximum absolute atomic E-state index is 12.9. The molecule has 0 aliphatic rings. The van der Waals surface area contributed by atoms with Crippen molar-refractivity contribution in [2.24, 2.45) is 0 Å². The normalized spacial score (nSPS) is 10.9. The summed E-state index contributed by atoms with van der Waals surface area (Å²) in [6.45, 7) is 2.46. The lowest BCUT2D eigenvalue weighted by Gasteiger charge is -2.06. The fourth-order valence-electron chi connectivity index (χ4n) is 6.02. The summed E-state index contributed by atoms with van der Waals surface area (Å²) in [6.07, 6.45) is 0. The highest BCUT2D eigenvalue weighted by Gasteiger charge is 2.23. The predicted octanol–water partition coefficient (Wildman–Crippen LogP) is 6.13. The minimum absolute atomic E-state index is 0.105. The highest BCUT2D eigenvalue weighted by molar-refractivity contribution is 6.11. The maximum atomic E-state index is 12.9. The molecular weight excluding hydrogens is 784 g/mol. The molecule has 0 N–H and O–H groups in total. The molecule has 16 heteroatoms. The predicted molar refractivity (Wildman–Crippen MR) is 213 cm³/mol. The molecule has 16 nitrogen and oxygen atoms in total. The van der Waals surface area contributed by atoms with E-state index < -0.39 is 46.0 Å². The van der Waals surface area contributed by atoms with E-state index in [1.54, 1.807) is 36.4 Å². The Hall–Kier alpha value is -8.40. The molecule has 300 valence electrons. The molecule has 0 unspecified atom stereocenters. The first kappa shape index (κ1) is 39.8. The van der Waals surface area contributed by atoms with Crippen LogP contribution in [-0.2, 0) is 9.59 Å². The zero-order chi connectivity index (χ0) is 42.8. The van der Waals surface area contributed by atoms with Crippen LogP contribution >= 0.6 is 0 Å². The minimum Gasteiger partial charge on any atom is -0.497 e. The van der Waals surface area contributed by atoms with Crippen molar-refractivity contribution in [3.8, 4) is 23.0 Å². The average molecular weight is 813 g/mol. The van der Waals surface area contributed by atoms with E-state index >= 15 is 0 Å². The largest absolute Gasteiger partial charge is 0.497 e. The standard InChI is InChI=1S/C23H14O9.C21H14O7/c1-11(24)29-15-5-3-13-7-17(22(27)31-19(13)9-15)21(26)18-8-14-4-6-16(30-12(2)25)10-20(14)32-23(18)28;1-25-13-3-5-17-11(7-13)9-15(20(23)27-17)19(22)16-10-12-8-14(26-2)4-6-18(12)28-21(16)24/h3-10H,1-2H3;3-10H,1-2H3. The molecule has 4 aromatic carbocycles. The van der Waals surface area contributed by atoms with E-state index in [-0.39, 0.29) is 44.9 Å². The van der Waals surface area contributed by atoms with Crippen LogP contribution in [0.5, 0.6) is 23.0 Å². The third-order valence-corrected chi connectivity index (χ3v) is 8.80. The Kier molecular flexibility index (Phi) is 10.8. The number of carbonyl (C=O) groups excluding carboxylic acids is 4. The van der Waals surface area contributed by atoms with Gasteiger partial charge in [-0.1, -0.05) is 0 Å². The van der Waals surface area contributed by atoms with Crippen molar-refractivity contribution in [3.63, 3.8) is 0 Å². The van der Waals surface area contributed by atoms with Crippen LogP contribution in [0.3, 0.4) is 0 Å². The molecule has 0 radical (unpaired) electrons. The van der Waals surface area contributed by atoms with E-state index in [9.17, 15) is 38.4 Å². The molecule has 60 heavy (non-hydrogen) atoms. The smallest absolute Gasteiger partial charge is 0.347 e. The number of methoxy groups -OCH3 is 2. The molecule has 0 saturated carbocycles.